The number of ether oxygens (including phenoxy) is 2. The summed E-state index contributed by atoms with van der Waals surface area (Å²) < 4.78 is 11.9. The number of pyridine rings is 1. The van der Waals surface area contributed by atoms with Crippen molar-refractivity contribution < 1.29 is 19.4 Å². The topological polar surface area (TPSA) is 75.1 Å². The van der Waals surface area contributed by atoms with Gasteiger partial charge in [0.05, 0.1) is 30.4 Å². The normalized spacial score (nSPS) is 24.2. The van der Waals surface area contributed by atoms with Crippen LogP contribution in [-0.2, 0) is 29.1 Å². The summed E-state index contributed by atoms with van der Waals surface area (Å²) in [5.41, 5.74) is 7.82. The molecule has 7 rings (SSSR count). The zero-order valence-electron chi connectivity index (χ0n) is 22.7. The van der Waals surface area contributed by atoms with Crippen LogP contribution >= 0.6 is 0 Å². The van der Waals surface area contributed by atoms with E-state index in [-0.39, 0.29) is 5.92 Å². The van der Waals surface area contributed by atoms with Crippen LogP contribution in [0, 0.1) is 25.2 Å². The van der Waals surface area contributed by atoms with Crippen LogP contribution in [0.3, 0.4) is 0 Å². The van der Waals surface area contributed by atoms with E-state index >= 15 is 0 Å². The van der Waals surface area contributed by atoms with Crippen molar-refractivity contribution in [2.75, 3.05) is 37.7 Å². The number of nitrogens with zero attached hydrogens (tertiary/aromatic N) is 3. The third-order valence-electron chi connectivity index (χ3n) is 9.39. The minimum atomic E-state index is -0.678. The van der Waals surface area contributed by atoms with Crippen LogP contribution in [0.4, 0.5) is 5.82 Å². The lowest BCUT2D eigenvalue weighted by Gasteiger charge is -2.40. The van der Waals surface area contributed by atoms with Gasteiger partial charge >= 0.3 is 5.97 Å². The Morgan fingerprint density at radius 1 is 1.18 bits per heavy atom. The van der Waals surface area contributed by atoms with E-state index in [1.165, 1.54) is 22.3 Å². The highest BCUT2D eigenvalue weighted by Gasteiger charge is 2.65. The number of aryl methyl sites for hydroxylation is 1. The van der Waals surface area contributed by atoms with Crippen LogP contribution in [0.25, 0.3) is 11.3 Å². The molecule has 1 N–H and O–H groups in total. The fraction of sp³-hybridized carbons (Fsp3) is 0.438. The third-order valence-corrected chi connectivity index (χ3v) is 9.39. The maximum atomic E-state index is 11.8. The molecule has 7 nitrogen and oxygen atoms in total. The summed E-state index contributed by atoms with van der Waals surface area (Å²) in [6, 6.07) is 17.3. The van der Waals surface area contributed by atoms with Gasteiger partial charge in [-0.05, 0) is 79.1 Å². The van der Waals surface area contributed by atoms with Crippen molar-refractivity contribution in [2.24, 2.45) is 11.3 Å². The Balaban J connectivity index is 1.10. The van der Waals surface area contributed by atoms with Crippen LogP contribution in [0.2, 0.25) is 0 Å². The molecule has 1 aliphatic carbocycles. The molecule has 39 heavy (non-hydrogen) atoms. The number of aromatic nitrogens is 1. The summed E-state index contributed by atoms with van der Waals surface area (Å²) in [7, 11) is 0. The summed E-state index contributed by atoms with van der Waals surface area (Å²) in [5.74, 6) is 1.20. The molecule has 202 valence electrons. The highest BCUT2D eigenvalue weighted by atomic mass is 16.5. The second-order valence-electron chi connectivity index (χ2n) is 11.8. The fourth-order valence-electron chi connectivity index (χ4n) is 6.68. The third kappa shape index (κ3) is 4.28. The van der Waals surface area contributed by atoms with Crippen molar-refractivity contribution >= 4 is 11.8 Å². The molecular weight excluding hydrogens is 490 g/mol. The molecule has 1 saturated carbocycles. The molecule has 0 radical (unpaired) electrons. The molecule has 3 fully saturated rings. The Hall–Kier alpha value is -3.42. The van der Waals surface area contributed by atoms with E-state index in [2.05, 4.69) is 47.9 Å². The van der Waals surface area contributed by atoms with Gasteiger partial charge in [0.25, 0.3) is 0 Å². The van der Waals surface area contributed by atoms with E-state index in [4.69, 9.17) is 14.5 Å². The standard InChI is InChI=1S/C32H35N3O4/c1-20-6-9-29(39-16-23-8-7-22-14-34(25-17-38-18-25)11-10-26(22)21(23)2)27(12-20)28-4-3-5-30(33-28)35-15-24-13-32(24,19-35)31(36)37/h3-9,12,24-25H,10-11,13-19H2,1-2H3,(H,36,37)/t24-,32-/m0/s1. The van der Waals surface area contributed by atoms with Gasteiger partial charge in [-0.15, -0.1) is 0 Å². The Bertz CT molecular complexity index is 1450. The van der Waals surface area contributed by atoms with Crippen LogP contribution in [0.1, 0.15) is 34.2 Å². The van der Waals surface area contributed by atoms with Gasteiger partial charge in [0, 0.05) is 31.7 Å². The highest BCUT2D eigenvalue weighted by Crippen LogP contribution is 2.58. The monoisotopic (exact) mass is 525 g/mol. The molecule has 0 bridgehead atoms. The second kappa shape index (κ2) is 9.35. The average molecular weight is 526 g/mol. The van der Waals surface area contributed by atoms with Gasteiger partial charge in [-0.25, -0.2) is 4.98 Å². The SMILES string of the molecule is Cc1ccc(OCc2ccc3c(c2C)CCN(C2COC2)C3)c(-c2cccc(N3C[C@@H]4C[C@]4(C(=O)O)C3)n2)c1. The number of anilines is 1. The van der Waals surface area contributed by atoms with Crippen molar-refractivity contribution in [1.82, 2.24) is 9.88 Å². The first-order chi connectivity index (χ1) is 18.9. The number of aliphatic carboxylic acids is 1. The zero-order valence-corrected chi connectivity index (χ0v) is 22.7. The van der Waals surface area contributed by atoms with Gasteiger partial charge in [-0.3, -0.25) is 9.69 Å². The minimum absolute atomic E-state index is 0.230. The van der Waals surface area contributed by atoms with E-state index in [0.29, 0.717) is 19.2 Å². The molecule has 2 atom stereocenters. The molecule has 0 spiro atoms. The van der Waals surface area contributed by atoms with E-state index in [1.54, 1.807) is 0 Å². The Morgan fingerprint density at radius 2 is 2.05 bits per heavy atom. The van der Waals surface area contributed by atoms with Crippen molar-refractivity contribution in [2.45, 2.75) is 45.9 Å². The first kappa shape index (κ1) is 24.6. The molecule has 4 heterocycles. The minimum Gasteiger partial charge on any atom is -0.488 e. The Labute approximate surface area is 229 Å². The van der Waals surface area contributed by atoms with E-state index in [0.717, 1.165) is 74.1 Å². The van der Waals surface area contributed by atoms with Gasteiger partial charge in [0.1, 0.15) is 18.2 Å². The van der Waals surface area contributed by atoms with Gasteiger partial charge in [0.2, 0.25) is 0 Å². The largest absolute Gasteiger partial charge is 0.488 e. The van der Waals surface area contributed by atoms with Gasteiger partial charge in [-0.1, -0.05) is 29.8 Å². The van der Waals surface area contributed by atoms with Crippen molar-refractivity contribution in [3.63, 3.8) is 0 Å². The molecule has 0 amide bonds. The lowest BCUT2D eigenvalue weighted by molar-refractivity contribution is -0.143. The number of rotatable bonds is 7. The number of fused-ring (bicyclic) bond motifs is 2. The summed E-state index contributed by atoms with van der Waals surface area (Å²) in [5, 5.41) is 9.69. The predicted octanol–water partition coefficient (Wildman–Crippen LogP) is 4.61. The zero-order chi connectivity index (χ0) is 26.7. The number of benzene rings is 2. The molecular formula is C32H35N3O4. The predicted molar refractivity (Wildman–Crippen MR) is 149 cm³/mol. The maximum Gasteiger partial charge on any atom is 0.311 e. The molecule has 3 aromatic rings. The molecule has 0 unspecified atom stereocenters. The van der Waals surface area contributed by atoms with Gasteiger partial charge in [0.15, 0.2) is 0 Å². The smallest absolute Gasteiger partial charge is 0.311 e. The number of hydrogen-bond acceptors (Lipinski definition) is 6. The van der Waals surface area contributed by atoms with Crippen molar-refractivity contribution in [1.29, 1.82) is 0 Å². The number of piperidine rings is 1. The first-order valence-electron chi connectivity index (χ1n) is 14.0. The number of carboxylic acid groups (broad SMARTS) is 1. The maximum absolute atomic E-state index is 11.8. The van der Waals surface area contributed by atoms with E-state index < -0.39 is 11.4 Å². The molecule has 4 aliphatic rings. The second-order valence-corrected chi connectivity index (χ2v) is 11.8. The lowest BCUT2D eigenvalue weighted by Crippen LogP contribution is -2.50. The fourth-order valence-corrected chi connectivity index (χ4v) is 6.68. The summed E-state index contributed by atoms with van der Waals surface area (Å²) in [6.45, 7) is 9.90. The van der Waals surface area contributed by atoms with E-state index in [1.807, 2.05) is 24.3 Å². The van der Waals surface area contributed by atoms with Crippen LogP contribution in [0.15, 0.2) is 48.5 Å². The Morgan fingerprint density at radius 3 is 2.82 bits per heavy atom. The van der Waals surface area contributed by atoms with Crippen LogP contribution < -0.4 is 9.64 Å². The molecule has 2 saturated heterocycles. The molecule has 2 aromatic carbocycles. The summed E-state index contributed by atoms with van der Waals surface area (Å²) in [6.07, 6.45) is 1.85. The molecule has 1 aromatic heterocycles. The summed E-state index contributed by atoms with van der Waals surface area (Å²) in [4.78, 5) is 21.4. The Kier molecular flexibility index (Phi) is 5.90. The highest BCUT2D eigenvalue weighted by molar-refractivity contribution is 5.81. The van der Waals surface area contributed by atoms with E-state index in [9.17, 15) is 9.90 Å². The number of carbonyl (C=O) groups is 1. The summed E-state index contributed by atoms with van der Waals surface area (Å²) >= 11 is 0. The average Bonchev–Trinajstić information content (AvgIpc) is 3.48. The van der Waals surface area contributed by atoms with Crippen molar-refractivity contribution in [3.05, 3.63) is 76.3 Å². The number of carboxylic acids is 1. The molecule has 3 aliphatic heterocycles. The van der Waals surface area contributed by atoms with Crippen LogP contribution in [-0.4, -0.2) is 59.8 Å². The van der Waals surface area contributed by atoms with Crippen molar-refractivity contribution in [3.8, 4) is 17.0 Å². The first-order valence-corrected chi connectivity index (χ1v) is 14.0. The molecule has 7 heteroatoms. The quantitative estimate of drug-likeness (QED) is 0.483. The van der Waals surface area contributed by atoms with Crippen LogP contribution in [0.5, 0.6) is 5.75 Å². The number of hydrogen-bond donors (Lipinski definition) is 1. The van der Waals surface area contributed by atoms with Gasteiger partial charge in [-0.2, -0.15) is 0 Å². The lowest BCUT2D eigenvalue weighted by atomic mass is 9.91. The van der Waals surface area contributed by atoms with Gasteiger partial charge < -0.3 is 19.5 Å².